The Bertz CT molecular complexity index is 706. The van der Waals surface area contributed by atoms with Crippen molar-refractivity contribution in [2.45, 2.75) is 31.6 Å². The van der Waals surface area contributed by atoms with Crippen LogP contribution in [0.15, 0.2) is 18.2 Å². The SMILES string of the molecule is CO.COc1cccc(N2CCN(CCCCNC(=O)N3CCC(F)(F)CC3)CC2)c1F. The number of aliphatic hydroxyl groups is 1. The summed E-state index contributed by atoms with van der Waals surface area (Å²) in [6, 6.07) is 4.95. The number of carbonyl (C=O) groups is 1. The van der Waals surface area contributed by atoms with Crippen molar-refractivity contribution in [2.24, 2.45) is 0 Å². The lowest BCUT2D eigenvalue weighted by Gasteiger charge is -2.36. The second kappa shape index (κ2) is 12.7. The average Bonchev–Trinajstić information content (AvgIpc) is 2.80. The van der Waals surface area contributed by atoms with Crippen LogP contribution in [-0.2, 0) is 0 Å². The number of carbonyl (C=O) groups excluding carboxylic acids is 1. The highest BCUT2D eigenvalue weighted by Crippen LogP contribution is 2.28. The fourth-order valence-corrected chi connectivity index (χ4v) is 3.92. The maximum Gasteiger partial charge on any atom is 0.317 e. The summed E-state index contributed by atoms with van der Waals surface area (Å²) >= 11 is 0. The molecule has 2 heterocycles. The molecule has 10 heteroatoms. The van der Waals surface area contributed by atoms with Crippen molar-refractivity contribution < 1.29 is 27.8 Å². The number of anilines is 1. The number of ether oxygens (including phenoxy) is 1. The summed E-state index contributed by atoms with van der Waals surface area (Å²) in [5.74, 6) is -2.70. The van der Waals surface area contributed by atoms with Crippen molar-refractivity contribution in [1.82, 2.24) is 15.1 Å². The molecule has 2 N–H and O–H groups in total. The van der Waals surface area contributed by atoms with Crippen LogP contribution in [0.1, 0.15) is 25.7 Å². The maximum absolute atomic E-state index is 14.4. The fourth-order valence-electron chi connectivity index (χ4n) is 3.92. The van der Waals surface area contributed by atoms with Crippen LogP contribution < -0.4 is 15.0 Å². The van der Waals surface area contributed by atoms with Crippen LogP contribution in [0.3, 0.4) is 0 Å². The van der Waals surface area contributed by atoms with Gasteiger partial charge in [-0.15, -0.1) is 0 Å². The maximum atomic E-state index is 14.4. The number of rotatable bonds is 7. The molecule has 0 unspecified atom stereocenters. The number of alkyl halides is 2. The van der Waals surface area contributed by atoms with Gasteiger partial charge in [-0.05, 0) is 31.5 Å². The number of piperazine rings is 1. The first-order valence-corrected chi connectivity index (χ1v) is 11.0. The number of nitrogens with one attached hydrogen (secondary N) is 1. The van der Waals surface area contributed by atoms with E-state index in [1.54, 1.807) is 18.2 Å². The highest BCUT2D eigenvalue weighted by atomic mass is 19.3. The van der Waals surface area contributed by atoms with E-state index in [2.05, 4.69) is 10.2 Å². The number of piperidine rings is 1. The van der Waals surface area contributed by atoms with Gasteiger partial charge in [-0.25, -0.2) is 18.0 Å². The Labute approximate surface area is 188 Å². The van der Waals surface area contributed by atoms with Gasteiger partial charge in [0.2, 0.25) is 0 Å². The molecule has 2 fully saturated rings. The van der Waals surface area contributed by atoms with Gasteiger partial charge >= 0.3 is 6.03 Å². The zero-order valence-electron chi connectivity index (χ0n) is 19.0. The van der Waals surface area contributed by atoms with Gasteiger partial charge in [-0.2, -0.15) is 0 Å². The third-order valence-corrected chi connectivity index (χ3v) is 5.84. The third-order valence-electron chi connectivity index (χ3n) is 5.84. The molecule has 2 saturated heterocycles. The molecule has 0 aromatic heterocycles. The number of benzene rings is 1. The molecule has 3 rings (SSSR count). The van der Waals surface area contributed by atoms with Gasteiger partial charge < -0.3 is 25.0 Å². The Morgan fingerprint density at radius 3 is 2.38 bits per heavy atom. The topological polar surface area (TPSA) is 68.3 Å². The number of halogens is 3. The van der Waals surface area contributed by atoms with Crippen molar-refractivity contribution in [3.63, 3.8) is 0 Å². The van der Waals surface area contributed by atoms with Crippen LogP contribution in [-0.4, -0.2) is 93.4 Å². The van der Waals surface area contributed by atoms with E-state index >= 15 is 0 Å². The first-order valence-electron chi connectivity index (χ1n) is 11.0. The number of hydrogen-bond acceptors (Lipinski definition) is 5. The van der Waals surface area contributed by atoms with Crippen LogP contribution in [0.5, 0.6) is 5.75 Å². The quantitative estimate of drug-likeness (QED) is 0.613. The van der Waals surface area contributed by atoms with E-state index < -0.39 is 5.92 Å². The molecular weight excluding hydrogens is 425 g/mol. The Balaban J connectivity index is 0.00000176. The number of hydrogen-bond donors (Lipinski definition) is 2. The van der Waals surface area contributed by atoms with E-state index in [0.717, 1.165) is 52.7 Å². The van der Waals surface area contributed by atoms with E-state index in [4.69, 9.17) is 9.84 Å². The number of nitrogens with zero attached hydrogens (tertiary/aromatic N) is 3. The normalized spacial score (nSPS) is 18.6. The minimum absolute atomic E-state index is 0.108. The zero-order chi connectivity index (χ0) is 23.6. The highest BCUT2D eigenvalue weighted by molar-refractivity contribution is 5.74. The summed E-state index contributed by atoms with van der Waals surface area (Å²) in [5, 5.41) is 9.82. The minimum Gasteiger partial charge on any atom is -0.494 e. The molecule has 2 aliphatic heterocycles. The molecule has 0 radical (unpaired) electrons. The predicted molar refractivity (Wildman–Crippen MR) is 118 cm³/mol. The number of aliphatic hydroxyl groups excluding tert-OH is 1. The molecule has 0 aliphatic carbocycles. The summed E-state index contributed by atoms with van der Waals surface area (Å²) < 4.78 is 45.8. The van der Waals surface area contributed by atoms with Gasteiger partial charge in [0.25, 0.3) is 5.92 Å². The number of amides is 2. The standard InChI is InChI=1S/C21H31F3N4O2.CH4O/c1-30-18-6-4-5-17(19(18)22)27-15-13-26(14-16-27)10-3-2-9-25-20(29)28-11-7-21(23,24)8-12-28;1-2/h4-6H,2-3,7-16H2,1H3,(H,25,29);2H,1H3. The summed E-state index contributed by atoms with van der Waals surface area (Å²) in [7, 11) is 2.47. The molecule has 2 amide bonds. The van der Waals surface area contributed by atoms with E-state index in [1.807, 2.05) is 4.90 Å². The van der Waals surface area contributed by atoms with Crippen molar-refractivity contribution >= 4 is 11.7 Å². The lowest BCUT2D eigenvalue weighted by Crippen LogP contribution is -2.48. The summed E-state index contributed by atoms with van der Waals surface area (Å²) in [5.41, 5.74) is 0.576. The van der Waals surface area contributed by atoms with E-state index in [-0.39, 0.29) is 43.5 Å². The largest absolute Gasteiger partial charge is 0.494 e. The molecule has 1 aromatic carbocycles. The Morgan fingerprint density at radius 2 is 1.75 bits per heavy atom. The number of urea groups is 1. The van der Waals surface area contributed by atoms with Crippen LogP contribution in [0, 0.1) is 5.82 Å². The third kappa shape index (κ3) is 7.44. The molecule has 0 saturated carbocycles. The van der Waals surface area contributed by atoms with Gasteiger partial charge in [0.05, 0.1) is 12.8 Å². The van der Waals surface area contributed by atoms with Crippen LogP contribution in [0.25, 0.3) is 0 Å². The highest BCUT2D eigenvalue weighted by Gasteiger charge is 2.35. The van der Waals surface area contributed by atoms with E-state index in [9.17, 15) is 18.0 Å². The van der Waals surface area contributed by atoms with Crippen LogP contribution in [0.2, 0.25) is 0 Å². The Morgan fingerprint density at radius 1 is 1.09 bits per heavy atom. The molecule has 2 aliphatic rings. The Kier molecular flexibility index (Phi) is 10.4. The molecule has 0 spiro atoms. The van der Waals surface area contributed by atoms with Crippen molar-refractivity contribution in [1.29, 1.82) is 0 Å². The number of unbranched alkanes of at least 4 members (excludes halogenated alkanes) is 1. The monoisotopic (exact) mass is 460 g/mol. The van der Waals surface area contributed by atoms with Crippen LogP contribution >= 0.6 is 0 Å². The minimum atomic E-state index is -2.64. The predicted octanol–water partition coefficient (Wildman–Crippen LogP) is 2.79. The Hall–Kier alpha value is -2.20. The molecule has 0 atom stereocenters. The van der Waals surface area contributed by atoms with Gasteiger partial charge in [0, 0.05) is 65.8 Å². The van der Waals surface area contributed by atoms with E-state index in [0.29, 0.717) is 12.2 Å². The number of methoxy groups -OCH3 is 1. The molecular formula is C22H35F3N4O3. The smallest absolute Gasteiger partial charge is 0.317 e. The van der Waals surface area contributed by atoms with Crippen molar-refractivity contribution in [3.05, 3.63) is 24.0 Å². The second-order valence-corrected chi connectivity index (χ2v) is 7.90. The van der Waals surface area contributed by atoms with Gasteiger partial charge in [0.15, 0.2) is 11.6 Å². The zero-order valence-corrected chi connectivity index (χ0v) is 19.0. The van der Waals surface area contributed by atoms with Gasteiger partial charge in [0.1, 0.15) is 0 Å². The number of likely N-dealkylation sites (tertiary alicyclic amines) is 1. The average molecular weight is 461 g/mol. The first-order chi connectivity index (χ1) is 15.4. The summed E-state index contributed by atoms with van der Waals surface area (Å²) in [6.45, 7) is 4.88. The second-order valence-electron chi connectivity index (χ2n) is 7.90. The summed E-state index contributed by atoms with van der Waals surface area (Å²) in [4.78, 5) is 17.9. The van der Waals surface area contributed by atoms with E-state index in [1.165, 1.54) is 12.0 Å². The van der Waals surface area contributed by atoms with Crippen molar-refractivity contribution in [2.75, 3.05) is 71.5 Å². The fraction of sp³-hybridized carbons (Fsp3) is 0.682. The van der Waals surface area contributed by atoms with Gasteiger partial charge in [-0.3, -0.25) is 4.90 Å². The molecule has 0 bridgehead atoms. The molecule has 7 nitrogen and oxygen atoms in total. The van der Waals surface area contributed by atoms with Crippen LogP contribution in [0.4, 0.5) is 23.7 Å². The first kappa shape index (κ1) is 26.1. The van der Waals surface area contributed by atoms with Crippen molar-refractivity contribution in [3.8, 4) is 5.75 Å². The van der Waals surface area contributed by atoms with Gasteiger partial charge in [-0.1, -0.05) is 6.07 Å². The molecule has 32 heavy (non-hydrogen) atoms. The molecule has 1 aromatic rings. The lowest BCUT2D eigenvalue weighted by atomic mass is 10.1. The summed E-state index contributed by atoms with van der Waals surface area (Å²) in [6.07, 6.45) is 1.25. The lowest BCUT2D eigenvalue weighted by molar-refractivity contribution is -0.0469. The molecule has 182 valence electrons.